The molecule has 1 aromatic carbocycles. The zero-order valence-electron chi connectivity index (χ0n) is 10.5. The normalized spacial score (nSPS) is 26.8. The van der Waals surface area contributed by atoms with Crippen molar-refractivity contribution in [3.05, 3.63) is 34.9 Å². The first-order valence-corrected chi connectivity index (χ1v) is 7.04. The van der Waals surface area contributed by atoms with Gasteiger partial charge in [0.25, 0.3) is 0 Å². The average molecular weight is 252 g/mol. The van der Waals surface area contributed by atoms with E-state index < -0.39 is 0 Å². The first-order valence-electron chi connectivity index (χ1n) is 6.67. The molecule has 0 aliphatic heterocycles. The second kappa shape index (κ2) is 5.88. The van der Waals surface area contributed by atoms with Crippen molar-refractivity contribution in [2.45, 2.75) is 38.5 Å². The second-order valence-corrected chi connectivity index (χ2v) is 5.79. The predicted molar refractivity (Wildman–Crippen MR) is 74.4 cm³/mol. The van der Waals surface area contributed by atoms with Crippen molar-refractivity contribution in [1.82, 2.24) is 0 Å². The molecule has 1 nitrogen and oxygen atoms in total. The van der Waals surface area contributed by atoms with Crippen molar-refractivity contribution in [3.8, 4) is 0 Å². The van der Waals surface area contributed by atoms with Crippen molar-refractivity contribution in [3.63, 3.8) is 0 Å². The van der Waals surface area contributed by atoms with E-state index >= 15 is 0 Å². The number of rotatable bonds is 3. The van der Waals surface area contributed by atoms with Crippen molar-refractivity contribution >= 4 is 11.6 Å². The Morgan fingerprint density at radius 3 is 2.47 bits per heavy atom. The summed E-state index contributed by atoms with van der Waals surface area (Å²) in [5.41, 5.74) is 7.23. The third-order valence-corrected chi connectivity index (χ3v) is 4.53. The first kappa shape index (κ1) is 12.9. The third-order valence-electron chi connectivity index (χ3n) is 4.19. The highest BCUT2D eigenvalue weighted by molar-refractivity contribution is 6.31. The molecule has 0 heterocycles. The van der Waals surface area contributed by atoms with E-state index in [9.17, 15) is 0 Å². The minimum Gasteiger partial charge on any atom is -0.330 e. The summed E-state index contributed by atoms with van der Waals surface area (Å²) in [5, 5.41) is 0.876. The molecule has 17 heavy (non-hydrogen) atoms. The minimum absolute atomic E-state index is 0.441. The molecule has 2 N–H and O–H groups in total. The van der Waals surface area contributed by atoms with Gasteiger partial charge in [-0.15, -0.1) is 0 Å². The zero-order chi connectivity index (χ0) is 12.3. The maximum Gasteiger partial charge on any atom is 0.0441 e. The Hall–Kier alpha value is -0.530. The summed E-state index contributed by atoms with van der Waals surface area (Å²) in [6, 6.07) is 8.17. The van der Waals surface area contributed by atoms with E-state index in [1.807, 2.05) is 12.1 Å². The lowest BCUT2D eigenvalue weighted by molar-refractivity contribution is 0.256. The lowest BCUT2D eigenvalue weighted by Crippen LogP contribution is -2.25. The van der Waals surface area contributed by atoms with Crippen molar-refractivity contribution in [1.29, 1.82) is 0 Å². The van der Waals surface area contributed by atoms with E-state index in [0.717, 1.165) is 16.9 Å². The summed E-state index contributed by atoms with van der Waals surface area (Å²) in [6.45, 7) is 3.06. The number of hydrogen-bond donors (Lipinski definition) is 1. The molecule has 1 unspecified atom stereocenters. The summed E-state index contributed by atoms with van der Waals surface area (Å²) in [4.78, 5) is 0. The molecule has 0 amide bonds. The van der Waals surface area contributed by atoms with Crippen LogP contribution in [0.4, 0.5) is 0 Å². The lowest BCUT2D eigenvalue weighted by atomic mass is 9.74. The molecule has 1 aromatic rings. The zero-order valence-corrected chi connectivity index (χ0v) is 11.3. The molecule has 0 saturated heterocycles. The monoisotopic (exact) mass is 251 g/mol. The third kappa shape index (κ3) is 3.02. The van der Waals surface area contributed by atoms with E-state index in [2.05, 4.69) is 19.1 Å². The van der Waals surface area contributed by atoms with E-state index in [1.54, 1.807) is 0 Å². The molecular formula is C15H22ClN. The minimum atomic E-state index is 0.441. The summed E-state index contributed by atoms with van der Waals surface area (Å²) >= 11 is 6.29. The van der Waals surface area contributed by atoms with Gasteiger partial charge in [-0.2, -0.15) is 0 Å². The van der Waals surface area contributed by atoms with Crippen LogP contribution in [-0.4, -0.2) is 6.54 Å². The predicted octanol–water partition coefficient (Wildman–Crippen LogP) is 4.21. The van der Waals surface area contributed by atoms with Gasteiger partial charge in [0.05, 0.1) is 0 Å². The summed E-state index contributed by atoms with van der Waals surface area (Å²) < 4.78 is 0. The molecule has 0 aromatic heterocycles. The molecule has 1 atom stereocenters. The molecule has 2 heteroatoms. The average Bonchev–Trinajstić information content (AvgIpc) is 2.35. The Balaban J connectivity index is 2.14. The fraction of sp³-hybridized carbons (Fsp3) is 0.600. The molecule has 0 radical (unpaired) electrons. The van der Waals surface area contributed by atoms with Crippen molar-refractivity contribution < 1.29 is 0 Å². The van der Waals surface area contributed by atoms with Gasteiger partial charge in [-0.05, 0) is 42.9 Å². The molecule has 0 bridgehead atoms. The van der Waals surface area contributed by atoms with Gasteiger partial charge in [-0.25, -0.2) is 0 Å². The van der Waals surface area contributed by atoms with Gasteiger partial charge in [0, 0.05) is 10.9 Å². The second-order valence-electron chi connectivity index (χ2n) is 5.38. The Morgan fingerprint density at radius 1 is 1.24 bits per heavy atom. The highest BCUT2D eigenvalue weighted by Crippen LogP contribution is 2.39. The van der Waals surface area contributed by atoms with Crippen molar-refractivity contribution in [2.24, 2.45) is 17.6 Å². The Morgan fingerprint density at radius 2 is 1.88 bits per heavy atom. The van der Waals surface area contributed by atoms with Gasteiger partial charge >= 0.3 is 0 Å². The van der Waals surface area contributed by atoms with E-state index in [0.29, 0.717) is 12.5 Å². The maximum absolute atomic E-state index is 6.29. The topological polar surface area (TPSA) is 26.0 Å². The van der Waals surface area contributed by atoms with Crippen LogP contribution in [0.15, 0.2) is 24.3 Å². The molecule has 0 spiro atoms. The van der Waals surface area contributed by atoms with Gasteiger partial charge in [-0.3, -0.25) is 0 Å². The first-order chi connectivity index (χ1) is 8.22. The van der Waals surface area contributed by atoms with Crippen LogP contribution in [0.3, 0.4) is 0 Å². The van der Waals surface area contributed by atoms with Gasteiger partial charge < -0.3 is 5.73 Å². The van der Waals surface area contributed by atoms with Crippen LogP contribution in [-0.2, 0) is 0 Å². The molecule has 1 aliphatic carbocycles. The molecule has 1 saturated carbocycles. The van der Waals surface area contributed by atoms with Crippen LogP contribution in [0.1, 0.15) is 44.1 Å². The number of halogens is 1. The summed E-state index contributed by atoms with van der Waals surface area (Å²) in [5.74, 6) is 2.04. The Kier molecular flexibility index (Phi) is 4.47. The fourth-order valence-corrected chi connectivity index (χ4v) is 3.31. The molecule has 1 aliphatic rings. The standard InChI is InChI=1S/C15H22ClN/c1-11-6-8-12(9-7-11)14(10-17)13-4-2-3-5-15(13)16/h2-5,11-12,14H,6-10,17H2,1H3. The van der Waals surface area contributed by atoms with Gasteiger partial charge in [-0.1, -0.05) is 49.6 Å². The molecule has 94 valence electrons. The van der Waals surface area contributed by atoms with Gasteiger partial charge in [0.1, 0.15) is 0 Å². The van der Waals surface area contributed by atoms with Gasteiger partial charge in [0.2, 0.25) is 0 Å². The van der Waals surface area contributed by atoms with Crippen LogP contribution in [0.25, 0.3) is 0 Å². The van der Waals surface area contributed by atoms with E-state index in [4.69, 9.17) is 17.3 Å². The highest BCUT2D eigenvalue weighted by atomic mass is 35.5. The number of benzene rings is 1. The molecular weight excluding hydrogens is 230 g/mol. The van der Waals surface area contributed by atoms with Crippen LogP contribution in [0.5, 0.6) is 0 Å². The number of nitrogens with two attached hydrogens (primary N) is 1. The van der Waals surface area contributed by atoms with Crippen LogP contribution in [0, 0.1) is 11.8 Å². The summed E-state index contributed by atoms with van der Waals surface area (Å²) in [7, 11) is 0. The van der Waals surface area contributed by atoms with E-state index in [1.165, 1.54) is 31.2 Å². The quantitative estimate of drug-likeness (QED) is 0.856. The summed E-state index contributed by atoms with van der Waals surface area (Å²) in [6.07, 6.45) is 5.28. The smallest absolute Gasteiger partial charge is 0.0441 e. The Labute approximate surface area is 109 Å². The van der Waals surface area contributed by atoms with E-state index in [-0.39, 0.29) is 0 Å². The lowest BCUT2D eigenvalue weighted by Gasteiger charge is -2.32. The maximum atomic E-state index is 6.29. The van der Waals surface area contributed by atoms with Crippen LogP contribution in [0.2, 0.25) is 5.02 Å². The Bertz CT molecular complexity index is 356. The fourth-order valence-electron chi connectivity index (χ4n) is 3.04. The SMILES string of the molecule is CC1CCC(C(CN)c2ccccc2Cl)CC1. The number of hydrogen-bond acceptors (Lipinski definition) is 1. The van der Waals surface area contributed by atoms with Crippen LogP contribution >= 0.6 is 11.6 Å². The highest BCUT2D eigenvalue weighted by Gasteiger charge is 2.27. The van der Waals surface area contributed by atoms with Crippen LogP contribution < -0.4 is 5.73 Å². The molecule has 1 fully saturated rings. The molecule has 2 rings (SSSR count). The largest absolute Gasteiger partial charge is 0.330 e. The van der Waals surface area contributed by atoms with Crippen molar-refractivity contribution in [2.75, 3.05) is 6.54 Å². The van der Waals surface area contributed by atoms with Gasteiger partial charge in [0.15, 0.2) is 0 Å².